The van der Waals surface area contributed by atoms with Crippen molar-refractivity contribution >= 4 is 0 Å². The first-order valence-corrected chi connectivity index (χ1v) is 5.68. The fraction of sp³-hybridized carbons (Fsp3) is 0.833. The van der Waals surface area contributed by atoms with E-state index < -0.39 is 0 Å². The Morgan fingerprint density at radius 3 is 3.00 bits per heavy atom. The van der Waals surface area contributed by atoms with E-state index in [-0.39, 0.29) is 0 Å². The van der Waals surface area contributed by atoms with Gasteiger partial charge in [-0.1, -0.05) is 19.4 Å². The average Bonchev–Trinajstić information content (AvgIpc) is 2.73. The molecule has 0 spiro atoms. The van der Waals surface area contributed by atoms with Gasteiger partial charge in [0.1, 0.15) is 0 Å². The fourth-order valence-electron chi connectivity index (χ4n) is 2.55. The molecule has 1 nitrogen and oxygen atoms in total. The highest BCUT2D eigenvalue weighted by molar-refractivity contribution is 5.19. The van der Waals surface area contributed by atoms with E-state index in [1.165, 1.54) is 32.1 Å². The van der Waals surface area contributed by atoms with E-state index in [9.17, 15) is 0 Å². The Bertz CT molecular complexity index is 195. The molecule has 0 aromatic heterocycles. The third-order valence-electron chi connectivity index (χ3n) is 3.36. The van der Waals surface area contributed by atoms with Gasteiger partial charge in [-0.05, 0) is 43.1 Å². The third-order valence-corrected chi connectivity index (χ3v) is 3.36. The van der Waals surface area contributed by atoms with Crippen LogP contribution in [0.1, 0.15) is 39.0 Å². The van der Waals surface area contributed by atoms with Gasteiger partial charge in [-0.2, -0.15) is 0 Å². The Morgan fingerprint density at radius 1 is 1.46 bits per heavy atom. The maximum atomic E-state index is 5.64. The Morgan fingerprint density at radius 2 is 2.38 bits per heavy atom. The van der Waals surface area contributed by atoms with Crippen LogP contribution in [0.3, 0.4) is 0 Å². The lowest BCUT2D eigenvalue weighted by atomic mass is 9.99. The SMILES string of the molecule is CCCCOCC1=CC2CCC1C2. The van der Waals surface area contributed by atoms with Crippen LogP contribution >= 0.6 is 0 Å². The van der Waals surface area contributed by atoms with Crippen LogP contribution in [-0.4, -0.2) is 13.2 Å². The molecule has 1 saturated carbocycles. The van der Waals surface area contributed by atoms with Crippen molar-refractivity contribution in [1.82, 2.24) is 0 Å². The van der Waals surface area contributed by atoms with Gasteiger partial charge in [0.05, 0.1) is 6.61 Å². The van der Waals surface area contributed by atoms with E-state index in [1.54, 1.807) is 5.57 Å². The fourth-order valence-corrected chi connectivity index (χ4v) is 2.55. The van der Waals surface area contributed by atoms with Crippen LogP contribution in [0.25, 0.3) is 0 Å². The van der Waals surface area contributed by atoms with E-state index in [0.717, 1.165) is 25.0 Å². The summed E-state index contributed by atoms with van der Waals surface area (Å²) in [6.07, 6.45) is 9.20. The summed E-state index contributed by atoms with van der Waals surface area (Å²) in [6, 6.07) is 0. The Labute approximate surface area is 81.2 Å². The summed E-state index contributed by atoms with van der Waals surface area (Å²) >= 11 is 0. The molecule has 0 radical (unpaired) electrons. The van der Waals surface area contributed by atoms with Gasteiger partial charge in [-0.3, -0.25) is 0 Å². The Hall–Kier alpha value is -0.300. The first-order valence-electron chi connectivity index (χ1n) is 5.68. The smallest absolute Gasteiger partial charge is 0.0679 e. The van der Waals surface area contributed by atoms with Gasteiger partial charge < -0.3 is 4.74 Å². The summed E-state index contributed by atoms with van der Waals surface area (Å²) in [5.41, 5.74) is 1.60. The molecular formula is C12H20O. The molecule has 0 aromatic carbocycles. The van der Waals surface area contributed by atoms with Gasteiger partial charge in [0.2, 0.25) is 0 Å². The van der Waals surface area contributed by atoms with Crippen LogP contribution in [-0.2, 0) is 4.74 Å². The minimum atomic E-state index is 0.895. The minimum absolute atomic E-state index is 0.895. The molecule has 74 valence electrons. The van der Waals surface area contributed by atoms with E-state index in [4.69, 9.17) is 4.74 Å². The molecule has 2 rings (SSSR count). The quantitative estimate of drug-likeness (QED) is 0.466. The number of hydrogen-bond acceptors (Lipinski definition) is 1. The summed E-state index contributed by atoms with van der Waals surface area (Å²) < 4.78 is 5.64. The number of ether oxygens (including phenoxy) is 1. The van der Waals surface area contributed by atoms with E-state index >= 15 is 0 Å². The number of unbranched alkanes of at least 4 members (excludes halogenated alkanes) is 1. The molecule has 2 aliphatic rings. The van der Waals surface area contributed by atoms with Crippen molar-refractivity contribution in [3.8, 4) is 0 Å². The zero-order valence-corrected chi connectivity index (χ0v) is 8.59. The topological polar surface area (TPSA) is 9.23 Å². The summed E-state index contributed by atoms with van der Waals surface area (Å²) in [6.45, 7) is 4.08. The van der Waals surface area contributed by atoms with Crippen LogP contribution in [0.5, 0.6) is 0 Å². The molecule has 13 heavy (non-hydrogen) atoms. The molecule has 0 aliphatic heterocycles. The highest BCUT2D eigenvalue weighted by atomic mass is 16.5. The number of fused-ring (bicyclic) bond motifs is 2. The maximum absolute atomic E-state index is 5.64. The first-order chi connectivity index (χ1) is 6.40. The molecule has 2 unspecified atom stereocenters. The molecule has 0 heterocycles. The minimum Gasteiger partial charge on any atom is -0.377 e. The third kappa shape index (κ3) is 2.14. The van der Waals surface area contributed by atoms with Gasteiger partial charge in [0.15, 0.2) is 0 Å². The highest BCUT2D eigenvalue weighted by Gasteiger charge is 2.32. The number of rotatable bonds is 5. The molecular weight excluding hydrogens is 160 g/mol. The molecule has 2 bridgehead atoms. The van der Waals surface area contributed by atoms with E-state index in [1.807, 2.05) is 0 Å². The van der Waals surface area contributed by atoms with Crippen LogP contribution in [0.4, 0.5) is 0 Å². The van der Waals surface area contributed by atoms with Gasteiger partial charge in [-0.25, -0.2) is 0 Å². The van der Waals surface area contributed by atoms with Crippen molar-refractivity contribution in [2.45, 2.75) is 39.0 Å². The molecule has 0 N–H and O–H groups in total. The van der Waals surface area contributed by atoms with Crippen LogP contribution in [0.2, 0.25) is 0 Å². The van der Waals surface area contributed by atoms with Crippen molar-refractivity contribution in [2.24, 2.45) is 11.8 Å². The number of hydrogen-bond donors (Lipinski definition) is 0. The van der Waals surface area contributed by atoms with Crippen LogP contribution in [0, 0.1) is 11.8 Å². The maximum Gasteiger partial charge on any atom is 0.0679 e. The van der Waals surface area contributed by atoms with Crippen molar-refractivity contribution in [3.63, 3.8) is 0 Å². The van der Waals surface area contributed by atoms with Gasteiger partial charge >= 0.3 is 0 Å². The predicted molar refractivity (Wildman–Crippen MR) is 54.6 cm³/mol. The number of allylic oxidation sites excluding steroid dienone is 1. The second-order valence-electron chi connectivity index (χ2n) is 4.42. The zero-order valence-electron chi connectivity index (χ0n) is 8.59. The molecule has 0 aromatic rings. The largest absolute Gasteiger partial charge is 0.377 e. The molecule has 0 saturated heterocycles. The normalized spacial score (nSPS) is 31.0. The summed E-state index contributed by atoms with van der Waals surface area (Å²) in [7, 11) is 0. The van der Waals surface area contributed by atoms with E-state index in [2.05, 4.69) is 13.0 Å². The highest BCUT2D eigenvalue weighted by Crippen LogP contribution is 2.43. The first kappa shape index (κ1) is 9.26. The van der Waals surface area contributed by atoms with Crippen molar-refractivity contribution in [3.05, 3.63) is 11.6 Å². The molecule has 1 heteroatoms. The van der Waals surface area contributed by atoms with Gasteiger partial charge in [0, 0.05) is 6.61 Å². The lowest BCUT2D eigenvalue weighted by Crippen LogP contribution is -2.06. The zero-order chi connectivity index (χ0) is 9.10. The molecule has 2 aliphatic carbocycles. The molecule has 2 atom stereocenters. The molecule has 0 amide bonds. The van der Waals surface area contributed by atoms with E-state index in [0.29, 0.717) is 0 Å². The lowest BCUT2D eigenvalue weighted by Gasteiger charge is -2.13. The Kier molecular flexibility index (Phi) is 3.05. The van der Waals surface area contributed by atoms with Gasteiger partial charge in [-0.15, -0.1) is 0 Å². The summed E-state index contributed by atoms with van der Waals surface area (Å²) in [5, 5.41) is 0. The van der Waals surface area contributed by atoms with Crippen LogP contribution < -0.4 is 0 Å². The summed E-state index contributed by atoms with van der Waals surface area (Å²) in [4.78, 5) is 0. The van der Waals surface area contributed by atoms with Gasteiger partial charge in [0.25, 0.3) is 0 Å². The average molecular weight is 180 g/mol. The second kappa shape index (κ2) is 4.28. The van der Waals surface area contributed by atoms with Crippen molar-refractivity contribution < 1.29 is 4.74 Å². The summed E-state index contributed by atoms with van der Waals surface area (Å²) in [5.74, 6) is 1.81. The van der Waals surface area contributed by atoms with Crippen molar-refractivity contribution in [1.29, 1.82) is 0 Å². The van der Waals surface area contributed by atoms with Crippen molar-refractivity contribution in [2.75, 3.05) is 13.2 Å². The lowest BCUT2D eigenvalue weighted by molar-refractivity contribution is 0.147. The van der Waals surface area contributed by atoms with Crippen LogP contribution in [0.15, 0.2) is 11.6 Å². The molecule has 1 fully saturated rings. The second-order valence-corrected chi connectivity index (χ2v) is 4.42. The monoisotopic (exact) mass is 180 g/mol. The Balaban J connectivity index is 1.68. The predicted octanol–water partition coefficient (Wildman–Crippen LogP) is 3.16. The standard InChI is InChI=1S/C12H20O/c1-2-3-6-13-9-12-8-10-4-5-11(12)7-10/h8,10-11H,2-7,9H2,1H3.